The summed E-state index contributed by atoms with van der Waals surface area (Å²) in [7, 11) is 1.70. The third-order valence-electron chi connectivity index (χ3n) is 2.35. The second-order valence-corrected chi connectivity index (χ2v) is 4.72. The van der Waals surface area contributed by atoms with Crippen molar-refractivity contribution in [3.8, 4) is 0 Å². The standard InChI is InChI=1S/C11H16N2O3S/c1-13(7-2-3-11(15)16)10(14)5-4-9-12-6-8-17-9/h6,8H,2-5,7H2,1H3,(H,15,16). The number of hydrogen-bond donors (Lipinski definition) is 1. The Bertz CT molecular complexity index is 365. The van der Waals surface area contributed by atoms with Crippen LogP contribution in [0.1, 0.15) is 24.3 Å². The number of carbonyl (C=O) groups is 2. The summed E-state index contributed by atoms with van der Waals surface area (Å²) < 4.78 is 0. The van der Waals surface area contributed by atoms with Crippen molar-refractivity contribution in [3.05, 3.63) is 16.6 Å². The smallest absolute Gasteiger partial charge is 0.303 e. The van der Waals surface area contributed by atoms with Crippen LogP contribution in [0.3, 0.4) is 0 Å². The summed E-state index contributed by atoms with van der Waals surface area (Å²) in [5.41, 5.74) is 0. The molecule has 5 nitrogen and oxygen atoms in total. The van der Waals surface area contributed by atoms with Gasteiger partial charge in [0.05, 0.1) is 5.01 Å². The molecule has 1 N–H and O–H groups in total. The molecule has 1 heterocycles. The normalized spacial score (nSPS) is 10.2. The lowest BCUT2D eigenvalue weighted by atomic mass is 10.2. The number of aryl methyl sites for hydroxylation is 1. The number of amides is 1. The van der Waals surface area contributed by atoms with Crippen LogP contribution in [-0.2, 0) is 16.0 Å². The van der Waals surface area contributed by atoms with Gasteiger partial charge in [0.1, 0.15) is 0 Å². The molecular formula is C11H16N2O3S. The summed E-state index contributed by atoms with van der Waals surface area (Å²) in [5.74, 6) is -0.792. The van der Waals surface area contributed by atoms with Crippen LogP contribution in [0.4, 0.5) is 0 Å². The highest BCUT2D eigenvalue weighted by Gasteiger charge is 2.09. The summed E-state index contributed by atoms with van der Waals surface area (Å²) in [4.78, 5) is 27.7. The molecule has 0 bridgehead atoms. The topological polar surface area (TPSA) is 70.5 Å². The van der Waals surface area contributed by atoms with E-state index in [1.165, 1.54) is 11.3 Å². The molecule has 0 unspecified atom stereocenters. The average molecular weight is 256 g/mol. The Hall–Kier alpha value is -1.43. The van der Waals surface area contributed by atoms with Gasteiger partial charge in [-0.05, 0) is 6.42 Å². The lowest BCUT2D eigenvalue weighted by Crippen LogP contribution is -2.28. The first-order valence-electron chi connectivity index (χ1n) is 5.43. The van der Waals surface area contributed by atoms with Gasteiger partial charge in [-0.3, -0.25) is 9.59 Å². The number of aliphatic carboxylic acids is 1. The summed E-state index contributed by atoms with van der Waals surface area (Å²) >= 11 is 1.54. The molecule has 0 spiro atoms. The Kier molecular flexibility index (Phi) is 5.62. The van der Waals surface area contributed by atoms with Gasteiger partial charge in [0.15, 0.2) is 0 Å². The van der Waals surface area contributed by atoms with Gasteiger partial charge in [0.25, 0.3) is 0 Å². The molecule has 0 radical (unpaired) electrons. The summed E-state index contributed by atoms with van der Waals surface area (Å²) in [6.45, 7) is 0.489. The van der Waals surface area contributed by atoms with E-state index in [0.29, 0.717) is 25.8 Å². The van der Waals surface area contributed by atoms with E-state index in [2.05, 4.69) is 4.98 Å². The molecule has 6 heteroatoms. The van der Waals surface area contributed by atoms with Gasteiger partial charge in [-0.15, -0.1) is 11.3 Å². The van der Waals surface area contributed by atoms with E-state index in [0.717, 1.165) is 5.01 Å². The fourth-order valence-corrected chi connectivity index (χ4v) is 1.99. The Morgan fingerprint density at radius 2 is 2.24 bits per heavy atom. The highest BCUT2D eigenvalue weighted by molar-refractivity contribution is 7.09. The number of thiazole rings is 1. The van der Waals surface area contributed by atoms with Crippen LogP contribution < -0.4 is 0 Å². The van der Waals surface area contributed by atoms with Crippen LogP contribution >= 0.6 is 11.3 Å². The number of aromatic nitrogens is 1. The van der Waals surface area contributed by atoms with Gasteiger partial charge in [0.2, 0.25) is 5.91 Å². The van der Waals surface area contributed by atoms with Crippen molar-refractivity contribution in [2.24, 2.45) is 0 Å². The second-order valence-electron chi connectivity index (χ2n) is 3.74. The van der Waals surface area contributed by atoms with Crippen LogP contribution in [0.25, 0.3) is 0 Å². The molecule has 1 aromatic rings. The van der Waals surface area contributed by atoms with E-state index in [1.807, 2.05) is 5.38 Å². The first-order chi connectivity index (χ1) is 8.09. The monoisotopic (exact) mass is 256 g/mol. The molecule has 0 atom stereocenters. The molecular weight excluding hydrogens is 240 g/mol. The van der Waals surface area contributed by atoms with Crippen LogP contribution in [0, 0.1) is 0 Å². The number of nitrogens with zero attached hydrogens (tertiary/aromatic N) is 2. The van der Waals surface area contributed by atoms with Gasteiger partial charge in [-0.2, -0.15) is 0 Å². The summed E-state index contributed by atoms with van der Waals surface area (Å²) in [6.07, 6.45) is 3.40. The molecule has 17 heavy (non-hydrogen) atoms. The highest BCUT2D eigenvalue weighted by Crippen LogP contribution is 2.08. The predicted molar refractivity (Wildman–Crippen MR) is 64.9 cm³/mol. The SMILES string of the molecule is CN(CCCC(=O)O)C(=O)CCc1nccs1. The van der Waals surface area contributed by atoms with E-state index in [9.17, 15) is 9.59 Å². The van der Waals surface area contributed by atoms with Crippen LogP contribution in [-0.4, -0.2) is 40.5 Å². The van der Waals surface area contributed by atoms with E-state index in [-0.39, 0.29) is 12.3 Å². The zero-order valence-corrected chi connectivity index (χ0v) is 10.6. The number of carbonyl (C=O) groups excluding carboxylic acids is 1. The predicted octanol–water partition coefficient (Wildman–Crippen LogP) is 1.40. The Labute approximate surface area is 104 Å². The fraction of sp³-hybridized carbons (Fsp3) is 0.545. The minimum absolute atomic E-state index is 0.0330. The molecule has 0 aliphatic heterocycles. The zero-order chi connectivity index (χ0) is 12.7. The van der Waals surface area contributed by atoms with Gasteiger partial charge in [0, 0.05) is 44.4 Å². The zero-order valence-electron chi connectivity index (χ0n) is 9.76. The lowest BCUT2D eigenvalue weighted by molar-refractivity contribution is -0.138. The minimum atomic E-state index is -0.825. The molecule has 94 valence electrons. The number of carboxylic acids is 1. The molecule has 0 fully saturated rings. The molecule has 1 aromatic heterocycles. The Balaban J connectivity index is 2.20. The molecule has 0 saturated heterocycles. The van der Waals surface area contributed by atoms with Gasteiger partial charge in [-0.25, -0.2) is 4.98 Å². The number of rotatable bonds is 7. The summed E-state index contributed by atoms with van der Waals surface area (Å²) in [5, 5.41) is 11.3. The van der Waals surface area contributed by atoms with E-state index in [1.54, 1.807) is 18.1 Å². The fourth-order valence-electron chi connectivity index (χ4n) is 1.37. The quantitative estimate of drug-likeness (QED) is 0.800. The largest absolute Gasteiger partial charge is 0.481 e. The molecule has 0 saturated carbocycles. The van der Waals surface area contributed by atoms with Crippen molar-refractivity contribution in [2.45, 2.75) is 25.7 Å². The minimum Gasteiger partial charge on any atom is -0.481 e. The van der Waals surface area contributed by atoms with Crippen molar-refractivity contribution in [1.29, 1.82) is 0 Å². The third-order valence-corrected chi connectivity index (χ3v) is 3.19. The van der Waals surface area contributed by atoms with Crippen molar-refractivity contribution in [3.63, 3.8) is 0 Å². The molecule has 0 aliphatic carbocycles. The van der Waals surface area contributed by atoms with Crippen molar-refractivity contribution in [2.75, 3.05) is 13.6 Å². The Morgan fingerprint density at radius 3 is 2.82 bits per heavy atom. The summed E-state index contributed by atoms with van der Waals surface area (Å²) in [6, 6.07) is 0. The number of hydrogen-bond acceptors (Lipinski definition) is 4. The third kappa shape index (κ3) is 5.44. The Morgan fingerprint density at radius 1 is 1.47 bits per heavy atom. The lowest BCUT2D eigenvalue weighted by Gasteiger charge is -2.16. The maximum atomic E-state index is 11.7. The first kappa shape index (κ1) is 13.6. The van der Waals surface area contributed by atoms with E-state index in [4.69, 9.17) is 5.11 Å². The molecule has 0 aromatic carbocycles. The average Bonchev–Trinajstić information content (AvgIpc) is 2.78. The van der Waals surface area contributed by atoms with Crippen molar-refractivity contribution >= 4 is 23.2 Å². The van der Waals surface area contributed by atoms with Crippen LogP contribution in [0.5, 0.6) is 0 Å². The van der Waals surface area contributed by atoms with Gasteiger partial charge in [-0.1, -0.05) is 0 Å². The van der Waals surface area contributed by atoms with Gasteiger partial charge < -0.3 is 10.0 Å². The second kappa shape index (κ2) is 7.01. The first-order valence-corrected chi connectivity index (χ1v) is 6.31. The number of carboxylic acid groups (broad SMARTS) is 1. The molecule has 1 amide bonds. The van der Waals surface area contributed by atoms with E-state index < -0.39 is 5.97 Å². The molecule has 1 rings (SSSR count). The maximum Gasteiger partial charge on any atom is 0.303 e. The highest BCUT2D eigenvalue weighted by atomic mass is 32.1. The van der Waals surface area contributed by atoms with Crippen molar-refractivity contribution < 1.29 is 14.7 Å². The van der Waals surface area contributed by atoms with Crippen molar-refractivity contribution in [1.82, 2.24) is 9.88 Å². The van der Waals surface area contributed by atoms with Crippen LogP contribution in [0.2, 0.25) is 0 Å². The molecule has 0 aliphatic rings. The van der Waals surface area contributed by atoms with Crippen LogP contribution in [0.15, 0.2) is 11.6 Å². The maximum absolute atomic E-state index is 11.7. The van der Waals surface area contributed by atoms with Gasteiger partial charge >= 0.3 is 5.97 Å². The van der Waals surface area contributed by atoms with E-state index >= 15 is 0 Å².